The maximum Gasteiger partial charge on any atom is 0.251 e. The molecule has 1 aromatic carbocycles. The van der Waals surface area contributed by atoms with Crippen molar-refractivity contribution in [2.75, 3.05) is 6.26 Å². The average molecular weight is 255 g/mol. The Bertz CT molecular complexity index is 527. The lowest BCUT2D eigenvalue weighted by Crippen LogP contribution is -2.40. The van der Waals surface area contributed by atoms with Crippen LogP contribution in [0.1, 0.15) is 31.1 Å². The van der Waals surface area contributed by atoms with E-state index in [1.807, 2.05) is 20.8 Å². The molecule has 1 rings (SSSR count). The highest BCUT2D eigenvalue weighted by atomic mass is 32.2. The molecule has 17 heavy (non-hydrogen) atoms. The molecule has 0 atom stereocenters. The van der Waals surface area contributed by atoms with Crippen LogP contribution in [0.15, 0.2) is 29.2 Å². The van der Waals surface area contributed by atoms with Crippen LogP contribution in [0, 0.1) is 0 Å². The van der Waals surface area contributed by atoms with Crippen LogP contribution in [-0.2, 0) is 9.84 Å². The van der Waals surface area contributed by atoms with Crippen molar-refractivity contribution < 1.29 is 13.2 Å². The Morgan fingerprint density at radius 3 is 2.29 bits per heavy atom. The van der Waals surface area contributed by atoms with E-state index in [2.05, 4.69) is 5.32 Å². The normalized spacial score (nSPS) is 12.2. The lowest BCUT2D eigenvalue weighted by molar-refractivity contribution is 0.0919. The Morgan fingerprint density at radius 1 is 1.24 bits per heavy atom. The van der Waals surface area contributed by atoms with Crippen LogP contribution in [0.3, 0.4) is 0 Å². The summed E-state index contributed by atoms with van der Waals surface area (Å²) in [5, 5.41) is 2.78. The highest BCUT2D eigenvalue weighted by molar-refractivity contribution is 7.90. The fourth-order valence-electron chi connectivity index (χ4n) is 1.28. The van der Waals surface area contributed by atoms with Crippen molar-refractivity contribution in [3.8, 4) is 0 Å². The van der Waals surface area contributed by atoms with Gasteiger partial charge in [0.15, 0.2) is 9.84 Å². The van der Waals surface area contributed by atoms with Gasteiger partial charge < -0.3 is 5.32 Å². The first kappa shape index (κ1) is 13.7. The van der Waals surface area contributed by atoms with Gasteiger partial charge in [-0.2, -0.15) is 0 Å². The highest BCUT2D eigenvalue weighted by Crippen LogP contribution is 2.12. The summed E-state index contributed by atoms with van der Waals surface area (Å²) >= 11 is 0. The van der Waals surface area contributed by atoms with Gasteiger partial charge in [-0.15, -0.1) is 0 Å². The van der Waals surface area contributed by atoms with Crippen molar-refractivity contribution in [2.45, 2.75) is 31.2 Å². The maximum atomic E-state index is 11.8. The van der Waals surface area contributed by atoms with Crippen LogP contribution in [0.4, 0.5) is 0 Å². The number of nitrogens with one attached hydrogen (secondary N) is 1. The molecule has 0 aromatic heterocycles. The Kier molecular flexibility index (Phi) is 3.62. The molecule has 0 saturated carbocycles. The van der Waals surface area contributed by atoms with Crippen LogP contribution < -0.4 is 5.32 Å². The third-order valence-corrected chi connectivity index (χ3v) is 3.12. The van der Waals surface area contributed by atoms with Crippen molar-refractivity contribution in [1.82, 2.24) is 5.32 Å². The van der Waals surface area contributed by atoms with Gasteiger partial charge in [0.2, 0.25) is 0 Å². The molecule has 0 heterocycles. The molecule has 5 heteroatoms. The number of sulfone groups is 1. The zero-order valence-electron chi connectivity index (χ0n) is 10.4. The van der Waals surface area contributed by atoms with Gasteiger partial charge in [0.25, 0.3) is 5.91 Å². The molecule has 0 aliphatic heterocycles. The minimum absolute atomic E-state index is 0.152. The minimum Gasteiger partial charge on any atom is -0.347 e. The maximum absolute atomic E-state index is 11.8. The van der Waals surface area contributed by atoms with Crippen LogP contribution in [0.2, 0.25) is 0 Å². The molecule has 1 amide bonds. The van der Waals surface area contributed by atoms with Gasteiger partial charge in [0.1, 0.15) is 0 Å². The standard InChI is InChI=1S/C12H17NO3S/c1-12(2,3)13-11(14)9-6-5-7-10(8-9)17(4,15)16/h5-8H,1-4H3,(H,13,14). The quantitative estimate of drug-likeness (QED) is 0.873. The van der Waals surface area contributed by atoms with E-state index in [0.29, 0.717) is 5.56 Å². The van der Waals surface area contributed by atoms with Gasteiger partial charge in [-0.1, -0.05) is 6.07 Å². The van der Waals surface area contributed by atoms with Crippen LogP contribution in [0.5, 0.6) is 0 Å². The fourth-order valence-corrected chi connectivity index (χ4v) is 1.95. The molecule has 0 aliphatic carbocycles. The van der Waals surface area contributed by atoms with E-state index in [1.54, 1.807) is 12.1 Å². The summed E-state index contributed by atoms with van der Waals surface area (Å²) < 4.78 is 22.7. The zero-order chi connectivity index (χ0) is 13.3. The van der Waals surface area contributed by atoms with E-state index in [-0.39, 0.29) is 16.3 Å². The van der Waals surface area contributed by atoms with Crippen molar-refractivity contribution in [2.24, 2.45) is 0 Å². The Labute approximate surface area is 102 Å². The molecular weight excluding hydrogens is 238 g/mol. The van der Waals surface area contributed by atoms with E-state index < -0.39 is 9.84 Å². The van der Waals surface area contributed by atoms with Gasteiger partial charge in [-0.05, 0) is 39.0 Å². The van der Waals surface area contributed by atoms with Gasteiger partial charge in [0, 0.05) is 17.4 Å². The monoisotopic (exact) mass is 255 g/mol. The van der Waals surface area contributed by atoms with Crippen molar-refractivity contribution in [3.05, 3.63) is 29.8 Å². The smallest absolute Gasteiger partial charge is 0.251 e. The van der Waals surface area contributed by atoms with E-state index >= 15 is 0 Å². The number of carbonyl (C=O) groups excluding carboxylic acids is 1. The first-order valence-corrected chi connectivity index (χ1v) is 7.11. The summed E-state index contributed by atoms with van der Waals surface area (Å²) in [6, 6.07) is 6.02. The van der Waals surface area contributed by atoms with E-state index in [0.717, 1.165) is 6.26 Å². The van der Waals surface area contributed by atoms with Gasteiger partial charge in [-0.3, -0.25) is 4.79 Å². The van der Waals surface area contributed by atoms with Gasteiger partial charge >= 0.3 is 0 Å². The van der Waals surface area contributed by atoms with E-state index in [1.165, 1.54) is 12.1 Å². The summed E-state index contributed by atoms with van der Waals surface area (Å²) in [6.07, 6.45) is 1.12. The fraction of sp³-hybridized carbons (Fsp3) is 0.417. The number of amides is 1. The Morgan fingerprint density at radius 2 is 1.82 bits per heavy atom. The predicted octanol–water partition coefficient (Wildman–Crippen LogP) is 1.62. The largest absolute Gasteiger partial charge is 0.347 e. The molecule has 0 aliphatic rings. The number of hydrogen-bond acceptors (Lipinski definition) is 3. The topological polar surface area (TPSA) is 63.2 Å². The summed E-state index contributed by atoms with van der Waals surface area (Å²) in [7, 11) is -3.28. The summed E-state index contributed by atoms with van der Waals surface area (Å²) in [5.41, 5.74) is 0.000831. The number of benzene rings is 1. The zero-order valence-corrected chi connectivity index (χ0v) is 11.3. The summed E-state index contributed by atoms with van der Waals surface area (Å²) in [4.78, 5) is 12.0. The predicted molar refractivity (Wildman–Crippen MR) is 66.8 cm³/mol. The molecule has 94 valence electrons. The van der Waals surface area contributed by atoms with E-state index in [4.69, 9.17) is 0 Å². The lowest BCUT2D eigenvalue weighted by Gasteiger charge is -2.20. The molecule has 0 spiro atoms. The van der Waals surface area contributed by atoms with Crippen molar-refractivity contribution in [3.63, 3.8) is 0 Å². The molecular formula is C12H17NO3S. The molecule has 4 nitrogen and oxygen atoms in total. The first-order chi connectivity index (χ1) is 7.59. The molecule has 1 aromatic rings. The second-order valence-electron chi connectivity index (χ2n) is 5.00. The lowest BCUT2D eigenvalue weighted by atomic mass is 10.1. The van der Waals surface area contributed by atoms with Crippen molar-refractivity contribution >= 4 is 15.7 Å². The number of hydrogen-bond donors (Lipinski definition) is 1. The van der Waals surface area contributed by atoms with Crippen LogP contribution in [-0.4, -0.2) is 26.1 Å². The molecule has 1 N–H and O–H groups in total. The molecule has 0 saturated heterocycles. The van der Waals surface area contributed by atoms with Crippen LogP contribution in [0.25, 0.3) is 0 Å². The second-order valence-corrected chi connectivity index (χ2v) is 7.02. The third kappa shape index (κ3) is 4.19. The minimum atomic E-state index is -3.28. The molecule has 0 fully saturated rings. The number of rotatable bonds is 2. The second kappa shape index (κ2) is 4.49. The molecule has 0 unspecified atom stereocenters. The first-order valence-electron chi connectivity index (χ1n) is 5.22. The highest BCUT2D eigenvalue weighted by Gasteiger charge is 2.16. The summed E-state index contributed by atoms with van der Waals surface area (Å²) in [5.74, 6) is -0.275. The SMILES string of the molecule is CC(C)(C)NC(=O)c1cccc(S(C)(=O)=O)c1. The van der Waals surface area contributed by atoms with Crippen molar-refractivity contribution in [1.29, 1.82) is 0 Å². The van der Waals surface area contributed by atoms with Gasteiger partial charge in [0.05, 0.1) is 4.90 Å². The summed E-state index contributed by atoms with van der Waals surface area (Å²) in [6.45, 7) is 5.60. The Balaban J connectivity index is 3.05. The number of carbonyl (C=O) groups is 1. The van der Waals surface area contributed by atoms with Gasteiger partial charge in [-0.25, -0.2) is 8.42 Å². The molecule has 0 bridgehead atoms. The van der Waals surface area contributed by atoms with Crippen LogP contribution >= 0.6 is 0 Å². The third-order valence-electron chi connectivity index (χ3n) is 2.01. The Hall–Kier alpha value is -1.36. The average Bonchev–Trinajstić information content (AvgIpc) is 2.14. The molecule has 0 radical (unpaired) electrons. The van der Waals surface area contributed by atoms with E-state index in [9.17, 15) is 13.2 Å².